The fraction of sp³-hybridized carbons (Fsp3) is 0. The van der Waals surface area contributed by atoms with Gasteiger partial charge in [-0.3, -0.25) is 0 Å². The van der Waals surface area contributed by atoms with Gasteiger partial charge in [0.25, 0.3) is 0 Å². The Hall–Kier alpha value is -7.41. The predicted molar refractivity (Wildman–Crippen MR) is 234 cm³/mol. The Morgan fingerprint density at radius 1 is 0.333 bits per heavy atom. The standard InChI is InChI=1S/C51H29N3O2S/c1-2-10-30(11-3-1)35-14-9-18-43-47(35)41-27-25-34(29-45(41)56-43)51-53-49(52-50(54-51)33-24-26-38-37-12-4-6-17-42(37)55-44(38)28-33)32-22-20-31(21-23-32)36-15-8-16-40-39-13-5-7-19-46(39)57-48(36)40/h1-29H. The molecule has 266 valence electrons. The van der Waals surface area contributed by atoms with E-state index in [2.05, 4.69) is 127 Å². The summed E-state index contributed by atoms with van der Waals surface area (Å²) >= 11 is 1.84. The van der Waals surface area contributed by atoms with Crippen molar-refractivity contribution < 1.29 is 8.83 Å². The number of rotatable bonds is 5. The first-order valence-corrected chi connectivity index (χ1v) is 19.7. The van der Waals surface area contributed by atoms with Crippen molar-refractivity contribution in [3.63, 3.8) is 0 Å². The molecule has 12 aromatic rings. The van der Waals surface area contributed by atoms with Crippen molar-refractivity contribution >= 4 is 75.4 Å². The van der Waals surface area contributed by atoms with Crippen molar-refractivity contribution in [2.24, 2.45) is 0 Å². The van der Waals surface area contributed by atoms with Gasteiger partial charge in [-0.25, -0.2) is 15.0 Å². The van der Waals surface area contributed by atoms with Crippen molar-refractivity contribution in [1.82, 2.24) is 15.0 Å². The van der Waals surface area contributed by atoms with Gasteiger partial charge in [0.15, 0.2) is 17.5 Å². The van der Waals surface area contributed by atoms with Crippen LogP contribution in [0.4, 0.5) is 0 Å². The topological polar surface area (TPSA) is 65.0 Å². The lowest BCUT2D eigenvalue weighted by molar-refractivity contribution is 0.668. The van der Waals surface area contributed by atoms with Gasteiger partial charge >= 0.3 is 0 Å². The van der Waals surface area contributed by atoms with Crippen LogP contribution in [0, 0.1) is 0 Å². The molecule has 4 aromatic heterocycles. The molecule has 4 heterocycles. The Balaban J connectivity index is 1.00. The van der Waals surface area contributed by atoms with E-state index < -0.39 is 0 Å². The zero-order chi connectivity index (χ0) is 37.5. The minimum atomic E-state index is 0.560. The first-order chi connectivity index (χ1) is 28.2. The van der Waals surface area contributed by atoms with Crippen LogP contribution in [0.15, 0.2) is 185 Å². The van der Waals surface area contributed by atoms with Crippen LogP contribution in [-0.2, 0) is 0 Å². The number of thiophene rings is 1. The molecule has 0 unspecified atom stereocenters. The maximum absolute atomic E-state index is 6.51. The highest BCUT2D eigenvalue weighted by atomic mass is 32.1. The summed E-state index contributed by atoms with van der Waals surface area (Å²) in [7, 11) is 0. The minimum Gasteiger partial charge on any atom is -0.456 e. The third-order valence-electron chi connectivity index (χ3n) is 11.0. The molecule has 0 aliphatic heterocycles. The molecular weight excluding hydrogens is 719 g/mol. The van der Waals surface area contributed by atoms with Crippen LogP contribution in [0.5, 0.6) is 0 Å². The van der Waals surface area contributed by atoms with Crippen molar-refractivity contribution in [2.45, 2.75) is 0 Å². The van der Waals surface area contributed by atoms with E-state index >= 15 is 0 Å². The number of nitrogens with zero attached hydrogens (tertiary/aromatic N) is 3. The SMILES string of the molecule is c1ccc(-c2cccc3oc4cc(-c5nc(-c6ccc(-c7cccc8c7sc7ccccc78)cc6)nc(-c6ccc7c(c6)oc6ccccc67)n5)ccc4c23)cc1. The minimum absolute atomic E-state index is 0.560. The number of hydrogen-bond acceptors (Lipinski definition) is 6. The smallest absolute Gasteiger partial charge is 0.164 e. The molecule has 0 saturated carbocycles. The normalized spacial score (nSPS) is 11.9. The van der Waals surface area contributed by atoms with E-state index in [-0.39, 0.29) is 0 Å². The molecule has 0 N–H and O–H groups in total. The molecule has 5 nitrogen and oxygen atoms in total. The molecule has 6 heteroatoms. The third-order valence-corrected chi connectivity index (χ3v) is 12.2. The van der Waals surface area contributed by atoms with E-state index in [1.807, 2.05) is 59.9 Å². The van der Waals surface area contributed by atoms with Gasteiger partial charge in [-0.05, 0) is 64.7 Å². The average Bonchev–Trinajstić information content (AvgIpc) is 3.97. The zero-order valence-corrected chi connectivity index (χ0v) is 31.1. The van der Waals surface area contributed by atoms with E-state index in [4.69, 9.17) is 23.8 Å². The summed E-state index contributed by atoms with van der Waals surface area (Å²) in [6.07, 6.45) is 0. The maximum Gasteiger partial charge on any atom is 0.164 e. The van der Waals surface area contributed by atoms with Crippen molar-refractivity contribution in [3.05, 3.63) is 176 Å². The van der Waals surface area contributed by atoms with Crippen LogP contribution < -0.4 is 0 Å². The first kappa shape index (κ1) is 31.9. The molecule has 12 rings (SSSR count). The first-order valence-electron chi connectivity index (χ1n) is 18.9. The highest BCUT2D eigenvalue weighted by Gasteiger charge is 2.18. The fourth-order valence-electron chi connectivity index (χ4n) is 8.22. The summed E-state index contributed by atoms with van der Waals surface area (Å²) in [4.78, 5) is 15.3. The summed E-state index contributed by atoms with van der Waals surface area (Å²) < 4.78 is 15.4. The van der Waals surface area contributed by atoms with Crippen LogP contribution in [-0.4, -0.2) is 15.0 Å². The van der Waals surface area contributed by atoms with Crippen LogP contribution >= 0.6 is 11.3 Å². The van der Waals surface area contributed by atoms with Gasteiger partial charge in [0.1, 0.15) is 22.3 Å². The Morgan fingerprint density at radius 2 is 0.860 bits per heavy atom. The molecule has 0 amide bonds. The molecule has 8 aromatic carbocycles. The van der Waals surface area contributed by atoms with Gasteiger partial charge in [-0.2, -0.15) is 0 Å². The second-order valence-electron chi connectivity index (χ2n) is 14.3. The molecule has 57 heavy (non-hydrogen) atoms. The number of para-hydroxylation sites is 1. The van der Waals surface area contributed by atoms with Gasteiger partial charge in [-0.15, -0.1) is 11.3 Å². The summed E-state index contributed by atoms with van der Waals surface area (Å²) in [5.74, 6) is 1.71. The molecule has 0 fully saturated rings. The molecule has 0 radical (unpaired) electrons. The molecule has 0 aliphatic carbocycles. The van der Waals surface area contributed by atoms with Gasteiger partial charge in [-0.1, -0.05) is 133 Å². The van der Waals surface area contributed by atoms with Gasteiger partial charge in [0.2, 0.25) is 0 Å². The molecular formula is C51H29N3O2S. The fourth-order valence-corrected chi connectivity index (χ4v) is 9.46. The lowest BCUT2D eigenvalue weighted by atomic mass is 9.99. The van der Waals surface area contributed by atoms with Gasteiger partial charge in [0, 0.05) is 58.4 Å². The molecule has 0 spiro atoms. The van der Waals surface area contributed by atoms with Crippen molar-refractivity contribution in [3.8, 4) is 56.4 Å². The Bertz CT molecular complexity index is 3530. The van der Waals surface area contributed by atoms with Crippen LogP contribution in [0.1, 0.15) is 0 Å². The molecule has 0 bridgehead atoms. The number of hydrogen-bond donors (Lipinski definition) is 0. The van der Waals surface area contributed by atoms with Crippen LogP contribution in [0.25, 0.3) is 120 Å². The van der Waals surface area contributed by atoms with Crippen LogP contribution in [0.2, 0.25) is 0 Å². The second kappa shape index (κ2) is 12.6. The summed E-state index contributed by atoms with van der Waals surface area (Å²) in [5.41, 5.74) is 10.5. The maximum atomic E-state index is 6.51. The van der Waals surface area contributed by atoms with E-state index in [0.717, 1.165) is 77.3 Å². The zero-order valence-electron chi connectivity index (χ0n) is 30.3. The Labute approximate surface area is 330 Å². The molecule has 0 saturated heterocycles. The lowest BCUT2D eigenvalue weighted by Crippen LogP contribution is -2.00. The van der Waals surface area contributed by atoms with E-state index in [9.17, 15) is 0 Å². The lowest BCUT2D eigenvalue weighted by Gasteiger charge is -2.10. The second-order valence-corrected chi connectivity index (χ2v) is 15.4. The highest BCUT2D eigenvalue weighted by molar-refractivity contribution is 7.26. The number of aromatic nitrogens is 3. The van der Waals surface area contributed by atoms with Crippen molar-refractivity contribution in [2.75, 3.05) is 0 Å². The van der Waals surface area contributed by atoms with Crippen molar-refractivity contribution in [1.29, 1.82) is 0 Å². The summed E-state index contributed by atoms with van der Waals surface area (Å²) in [6.45, 7) is 0. The van der Waals surface area contributed by atoms with Gasteiger partial charge in [0.05, 0.1) is 0 Å². The summed E-state index contributed by atoms with van der Waals surface area (Å²) in [5, 5.41) is 6.84. The van der Waals surface area contributed by atoms with E-state index in [1.165, 1.54) is 25.7 Å². The number of fused-ring (bicyclic) bond motifs is 9. The molecule has 0 atom stereocenters. The number of benzene rings is 8. The Kier molecular flexibility index (Phi) is 7.03. The monoisotopic (exact) mass is 747 g/mol. The van der Waals surface area contributed by atoms with Crippen LogP contribution in [0.3, 0.4) is 0 Å². The third kappa shape index (κ3) is 5.19. The molecule has 0 aliphatic rings. The van der Waals surface area contributed by atoms with E-state index in [1.54, 1.807) is 0 Å². The number of furan rings is 2. The summed E-state index contributed by atoms with van der Waals surface area (Å²) in [6, 6.07) is 61.0. The highest BCUT2D eigenvalue weighted by Crippen LogP contribution is 2.41. The quantitative estimate of drug-likeness (QED) is 0.175. The predicted octanol–water partition coefficient (Wildman–Crippen LogP) is 14.4. The van der Waals surface area contributed by atoms with E-state index in [0.29, 0.717) is 17.5 Å². The Morgan fingerprint density at radius 3 is 1.67 bits per heavy atom. The van der Waals surface area contributed by atoms with Gasteiger partial charge < -0.3 is 8.83 Å². The average molecular weight is 748 g/mol. The largest absolute Gasteiger partial charge is 0.456 e.